The maximum Gasteiger partial charge on any atom is 0.278 e. The van der Waals surface area contributed by atoms with E-state index < -0.39 is 17.4 Å². The Bertz CT molecular complexity index is 503. The molecule has 2 amide bonds. The molecule has 0 unspecified atom stereocenters. The number of nitrogens with one attached hydrogen (secondary N) is 2. The number of carbonyl (C=O) groups is 2. The number of halogens is 1. The van der Waals surface area contributed by atoms with Gasteiger partial charge in [0.2, 0.25) is 0 Å². The van der Waals surface area contributed by atoms with Crippen LogP contribution in [0.4, 0.5) is 5.69 Å². The Kier molecular flexibility index (Phi) is 2.71. The van der Waals surface area contributed by atoms with E-state index in [1.807, 2.05) is 0 Å². The summed E-state index contributed by atoms with van der Waals surface area (Å²) in [5.41, 5.74) is -1.10. The number of fused-ring (bicyclic) bond motifs is 1. The Balaban J connectivity index is 2.43. The Labute approximate surface area is 103 Å². The topological polar surface area (TPSA) is 67.4 Å². The van der Waals surface area contributed by atoms with Gasteiger partial charge < -0.3 is 15.4 Å². The van der Waals surface area contributed by atoms with Gasteiger partial charge in [-0.25, -0.2) is 0 Å². The van der Waals surface area contributed by atoms with Gasteiger partial charge in [0.25, 0.3) is 17.4 Å². The van der Waals surface area contributed by atoms with Gasteiger partial charge in [0.15, 0.2) is 0 Å². The summed E-state index contributed by atoms with van der Waals surface area (Å²) >= 11 is 5.80. The maximum atomic E-state index is 11.9. The van der Waals surface area contributed by atoms with Crippen molar-refractivity contribution < 1.29 is 14.3 Å². The molecule has 6 heteroatoms. The second-order valence-electron chi connectivity index (χ2n) is 3.81. The van der Waals surface area contributed by atoms with Crippen molar-refractivity contribution in [3.63, 3.8) is 0 Å². The van der Waals surface area contributed by atoms with Gasteiger partial charge in [-0.3, -0.25) is 9.59 Å². The molecule has 1 heterocycles. The van der Waals surface area contributed by atoms with Crippen molar-refractivity contribution in [2.45, 2.75) is 12.5 Å². The summed E-state index contributed by atoms with van der Waals surface area (Å²) in [5.74, 6) is -0.609. The molecule has 0 bridgehead atoms. The molecule has 1 aromatic rings. The largest absolute Gasteiger partial charge is 0.466 e. The predicted octanol–water partition coefficient (Wildman–Crippen LogP) is 1.18. The van der Waals surface area contributed by atoms with Crippen molar-refractivity contribution in [1.82, 2.24) is 5.32 Å². The fourth-order valence-corrected chi connectivity index (χ4v) is 1.76. The number of rotatable bonds is 1. The average Bonchev–Trinajstić information content (AvgIpc) is 2.30. The molecule has 1 aromatic carbocycles. The van der Waals surface area contributed by atoms with Crippen LogP contribution in [-0.4, -0.2) is 24.5 Å². The summed E-state index contributed by atoms with van der Waals surface area (Å²) in [6, 6.07) is 4.80. The number of benzene rings is 1. The lowest BCUT2D eigenvalue weighted by molar-refractivity contribution is -0.146. The van der Waals surface area contributed by atoms with Crippen LogP contribution in [0.3, 0.4) is 0 Å². The molecule has 2 N–H and O–H groups in total. The van der Waals surface area contributed by atoms with E-state index in [1.54, 1.807) is 18.2 Å². The Morgan fingerprint density at radius 2 is 2.24 bits per heavy atom. The fourth-order valence-electron chi connectivity index (χ4n) is 1.58. The van der Waals surface area contributed by atoms with E-state index in [-0.39, 0.29) is 0 Å². The molecule has 0 spiro atoms. The molecule has 0 aromatic heterocycles. The van der Waals surface area contributed by atoms with Crippen LogP contribution >= 0.6 is 11.6 Å². The van der Waals surface area contributed by atoms with E-state index in [1.165, 1.54) is 14.0 Å². The zero-order valence-electron chi connectivity index (χ0n) is 9.33. The minimum Gasteiger partial charge on any atom is -0.466 e. The second-order valence-corrected chi connectivity index (χ2v) is 4.25. The Hall–Kier alpha value is -1.75. The highest BCUT2D eigenvalue weighted by Crippen LogP contribution is 2.35. The number of carbonyl (C=O) groups excluding carboxylic acids is 2. The standard InChI is InChI=1S/C11H11ClN2O3/c1-11(9(15)13-2)10(16)14-7-5-6(12)3-4-8(7)17-11/h3-5H,1-2H3,(H,13,15)(H,14,16)/t11-/m0/s1. The molecule has 2 rings (SSSR count). The average molecular weight is 255 g/mol. The number of amides is 2. The van der Waals surface area contributed by atoms with Crippen LogP contribution in [-0.2, 0) is 9.59 Å². The third-order valence-corrected chi connectivity index (χ3v) is 2.83. The molecular formula is C11H11ClN2O3. The van der Waals surface area contributed by atoms with Crippen LogP contribution in [0.1, 0.15) is 6.92 Å². The van der Waals surface area contributed by atoms with Crippen molar-refractivity contribution in [3.05, 3.63) is 23.2 Å². The van der Waals surface area contributed by atoms with E-state index >= 15 is 0 Å². The minimum absolute atomic E-state index is 0.417. The van der Waals surface area contributed by atoms with E-state index in [2.05, 4.69) is 10.6 Å². The lowest BCUT2D eigenvalue weighted by Gasteiger charge is -2.32. The molecule has 1 aliphatic rings. The van der Waals surface area contributed by atoms with Crippen molar-refractivity contribution in [2.24, 2.45) is 0 Å². The predicted molar refractivity (Wildman–Crippen MR) is 63.2 cm³/mol. The highest BCUT2D eigenvalue weighted by molar-refractivity contribution is 6.31. The molecule has 1 atom stereocenters. The van der Waals surface area contributed by atoms with Gasteiger partial charge in [-0.05, 0) is 25.1 Å². The first-order valence-electron chi connectivity index (χ1n) is 4.99. The number of hydrogen-bond acceptors (Lipinski definition) is 3. The molecule has 17 heavy (non-hydrogen) atoms. The molecule has 0 saturated heterocycles. The van der Waals surface area contributed by atoms with Crippen LogP contribution in [0.25, 0.3) is 0 Å². The van der Waals surface area contributed by atoms with Gasteiger partial charge in [0.1, 0.15) is 5.75 Å². The highest BCUT2D eigenvalue weighted by atomic mass is 35.5. The Morgan fingerprint density at radius 3 is 2.88 bits per heavy atom. The van der Waals surface area contributed by atoms with Gasteiger partial charge >= 0.3 is 0 Å². The van der Waals surface area contributed by atoms with Gasteiger partial charge in [-0.2, -0.15) is 0 Å². The quantitative estimate of drug-likeness (QED) is 0.740. The fraction of sp³-hybridized carbons (Fsp3) is 0.273. The first-order chi connectivity index (χ1) is 7.97. The summed E-state index contributed by atoms with van der Waals surface area (Å²) in [7, 11) is 1.45. The number of ether oxygens (including phenoxy) is 1. The summed E-state index contributed by atoms with van der Waals surface area (Å²) in [5, 5.41) is 5.48. The van der Waals surface area contributed by atoms with Gasteiger partial charge in [0.05, 0.1) is 5.69 Å². The smallest absolute Gasteiger partial charge is 0.278 e. The Morgan fingerprint density at radius 1 is 1.53 bits per heavy atom. The molecule has 5 nitrogen and oxygen atoms in total. The van der Waals surface area contributed by atoms with E-state index in [9.17, 15) is 9.59 Å². The molecule has 0 saturated carbocycles. The number of hydrogen-bond donors (Lipinski definition) is 2. The van der Waals surface area contributed by atoms with Crippen LogP contribution < -0.4 is 15.4 Å². The van der Waals surface area contributed by atoms with Crippen LogP contribution in [0.5, 0.6) is 5.75 Å². The van der Waals surface area contributed by atoms with Crippen molar-refractivity contribution in [2.75, 3.05) is 12.4 Å². The lowest BCUT2D eigenvalue weighted by Crippen LogP contribution is -2.58. The van der Waals surface area contributed by atoms with Gasteiger partial charge in [0, 0.05) is 12.1 Å². The summed E-state index contributed by atoms with van der Waals surface area (Å²) in [4.78, 5) is 23.5. The van der Waals surface area contributed by atoms with E-state index in [0.29, 0.717) is 16.5 Å². The number of likely N-dealkylation sites (N-methyl/N-ethyl adjacent to an activating group) is 1. The van der Waals surface area contributed by atoms with E-state index in [0.717, 1.165) is 0 Å². The monoisotopic (exact) mass is 254 g/mol. The van der Waals surface area contributed by atoms with Crippen LogP contribution in [0, 0.1) is 0 Å². The van der Waals surface area contributed by atoms with Crippen molar-refractivity contribution >= 4 is 29.1 Å². The van der Waals surface area contributed by atoms with Gasteiger partial charge in [-0.1, -0.05) is 11.6 Å². The molecule has 0 radical (unpaired) electrons. The summed E-state index contributed by atoms with van der Waals surface area (Å²) in [6.07, 6.45) is 0. The molecule has 0 aliphatic carbocycles. The zero-order valence-corrected chi connectivity index (χ0v) is 10.1. The van der Waals surface area contributed by atoms with E-state index in [4.69, 9.17) is 16.3 Å². The third kappa shape index (κ3) is 1.82. The van der Waals surface area contributed by atoms with Crippen LogP contribution in [0.2, 0.25) is 5.02 Å². The molecular weight excluding hydrogens is 244 g/mol. The third-order valence-electron chi connectivity index (χ3n) is 2.60. The maximum absolute atomic E-state index is 11.9. The number of anilines is 1. The molecule has 0 fully saturated rings. The van der Waals surface area contributed by atoms with Gasteiger partial charge in [-0.15, -0.1) is 0 Å². The SMILES string of the molecule is CNC(=O)[C@]1(C)Oc2ccc(Cl)cc2NC1=O. The van der Waals surface area contributed by atoms with Crippen LogP contribution in [0.15, 0.2) is 18.2 Å². The van der Waals surface area contributed by atoms with Crippen molar-refractivity contribution in [1.29, 1.82) is 0 Å². The molecule has 90 valence electrons. The highest BCUT2D eigenvalue weighted by Gasteiger charge is 2.46. The lowest BCUT2D eigenvalue weighted by atomic mass is 10.0. The zero-order chi connectivity index (χ0) is 12.6. The summed E-state index contributed by atoms with van der Waals surface area (Å²) < 4.78 is 5.46. The molecule has 1 aliphatic heterocycles. The van der Waals surface area contributed by atoms with Crippen molar-refractivity contribution in [3.8, 4) is 5.75 Å². The first-order valence-corrected chi connectivity index (χ1v) is 5.37. The second kappa shape index (κ2) is 3.92. The normalized spacial score (nSPS) is 22.2. The minimum atomic E-state index is -1.56. The summed E-state index contributed by atoms with van der Waals surface area (Å²) in [6.45, 7) is 1.42. The first kappa shape index (κ1) is 11.7.